The van der Waals surface area contributed by atoms with Gasteiger partial charge in [-0.25, -0.2) is 0 Å². The van der Waals surface area contributed by atoms with Crippen molar-refractivity contribution >= 4 is 5.91 Å². The number of pyridine rings is 1. The minimum Gasteiger partial charge on any atom is -0.336 e. The number of nitrogens with one attached hydrogen (secondary N) is 1. The summed E-state index contributed by atoms with van der Waals surface area (Å²) in [4.78, 5) is 18.2. The molecule has 2 rings (SSSR count). The molecule has 0 aliphatic carbocycles. The lowest BCUT2D eigenvalue weighted by Gasteiger charge is -2.31. The van der Waals surface area contributed by atoms with E-state index in [2.05, 4.69) is 17.2 Å². The minimum absolute atomic E-state index is 0.110. The molecule has 1 N–H and O–H groups in total. The van der Waals surface area contributed by atoms with Gasteiger partial charge in [-0.3, -0.25) is 9.78 Å². The average molecular weight is 219 g/mol. The van der Waals surface area contributed by atoms with Gasteiger partial charge in [-0.15, -0.1) is 0 Å². The molecule has 0 bridgehead atoms. The van der Waals surface area contributed by atoms with Gasteiger partial charge >= 0.3 is 0 Å². The van der Waals surface area contributed by atoms with Gasteiger partial charge in [0.2, 0.25) is 0 Å². The number of aromatic nitrogens is 1. The molecular weight excluding hydrogens is 202 g/mol. The van der Waals surface area contributed by atoms with E-state index in [0.717, 1.165) is 30.9 Å². The average Bonchev–Trinajstić information content (AvgIpc) is 2.28. The standard InChI is InChI=1S/C12H17N3O/c1-9-7-11(3-4-13-9)12(16)15-6-5-14-10(2)8-15/h3-4,7,10,14H,5-6,8H2,1-2H3. The fourth-order valence-corrected chi connectivity index (χ4v) is 1.98. The van der Waals surface area contributed by atoms with Crippen LogP contribution in [0.1, 0.15) is 23.0 Å². The van der Waals surface area contributed by atoms with E-state index in [9.17, 15) is 4.79 Å². The third-order valence-electron chi connectivity index (χ3n) is 2.80. The molecule has 1 fully saturated rings. The maximum Gasteiger partial charge on any atom is 0.254 e. The Balaban J connectivity index is 2.12. The molecule has 1 aliphatic heterocycles. The summed E-state index contributed by atoms with van der Waals surface area (Å²) >= 11 is 0. The molecule has 16 heavy (non-hydrogen) atoms. The highest BCUT2D eigenvalue weighted by atomic mass is 16.2. The molecule has 0 spiro atoms. The van der Waals surface area contributed by atoms with Crippen LogP contribution in [0.3, 0.4) is 0 Å². The lowest BCUT2D eigenvalue weighted by Crippen LogP contribution is -2.51. The maximum atomic E-state index is 12.2. The van der Waals surface area contributed by atoms with Crippen LogP contribution in [0.15, 0.2) is 18.3 Å². The summed E-state index contributed by atoms with van der Waals surface area (Å²) in [7, 11) is 0. The normalized spacial score (nSPS) is 20.9. The predicted molar refractivity (Wildman–Crippen MR) is 62.3 cm³/mol. The van der Waals surface area contributed by atoms with Crippen molar-refractivity contribution in [2.24, 2.45) is 0 Å². The highest BCUT2D eigenvalue weighted by molar-refractivity contribution is 5.94. The van der Waals surface area contributed by atoms with Crippen LogP contribution < -0.4 is 5.32 Å². The molecular formula is C12H17N3O. The summed E-state index contributed by atoms with van der Waals surface area (Å²) in [6, 6.07) is 4.00. The molecule has 86 valence electrons. The first-order valence-electron chi connectivity index (χ1n) is 5.62. The number of carbonyl (C=O) groups excluding carboxylic acids is 1. The first kappa shape index (κ1) is 11.1. The van der Waals surface area contributed by atoms with Gasteiger partial charge in [0, 0.05) is 43.1 Å². The van der Waals surface area contributed by atoms with Gasteiger partial charge in [0.15, 0.2) is 0 Å². The van der Waals surface area contributed by atoms with Gasteiger partial charge in [0.1, 0.15) is 0 Å². The molecule has 4 heteroatoms. The second kappa shape index (κ2) is 4.61. The number of piperazine rings is 1. The van der Waals surface area contributed by atoms with Gasteiger partial charge in [-0.05, 0) is 26.0 Å². The van der Waals surface area contributed by atoms with Gasteiger partial charge in [0.25, 0.3) is 5.91 Å². The minimum atomic E-state index is 0.110. The van der Waals surface area contributed by atoms with Crippen molar-refractivity contribution in [1.29, 1.82) is 0 Å². The summed E-state index contributed by atoms with van der Waals surface area (Å²) in [5.41, 5.74) is 1.62. The topological polar surface area (TPSA) is 45.2 Å². The second-order valence-electron chi connectivity index (χ2n) is 4.29. The molecule has 2 heterocycles. The Kier molecular flexibility index (Phi) is 3.19. The van der Waals surface area contributed by atoms with Crippen molar-refractivity contribution < 1.29 is 4.79 Å². The predicted octanol–water partition coefficient (Wildman–Crippen LogP) is 0.824. The first-order chi connectivity index (χ1) is 7.66. The lowest BCUT2D eigenvalue weighted by atomic mass is 10.1. The van der Waals surface area contributed by atoms with Crippen molar-refractivity contribution in [3.05, 3.63) is 29.6 Å². The second-order valence-corrected chi connectivity index (χ2v) is 4.29. The zero-order valence-corrected chi connectivity index (χ0v) is 9.73. The van der Waals surface area contributed by atoms with Crippen molar-refractivity contribution in [2.75, 3.05) is 19.6 Å². The summed E-state index contributed by atoms with van der Waals surface area (Å²) in [5.74, 6) is 0.110. The Hall–Kier alpha value is -1.42. The van der Waals surface area contributed by atoms with Gasteiger partial charge in [0.05, 0.1) is 0 Å². The van der Waals surface area contributed by atoms with Crippen LogP contribution in [0, 0.1) is 6.92 Å². The summed E-state index contributed by atoms with van der Waals surface area (Å²) in [5, 5.41) is 3.32. The van der Waals surface area contributed by atoms with E-state index in [4.69, 9.17) is 0 Å². The Bertz CT molecular complexity index is 392. The number of aryl methyl sites for hydroxylation is 1. The molecule has 0 radical (unpaired) electrons. The Morgan fingerprint density at radius 1 is 1.62 bits per heavy atom. The SMILES string of the molecule is Cc1cc(C(=O)N2CCNC(C)C2)ccn1. The third kappa shape index (κ3) is 2.39. The fourth-order valence-electron chi connectivity index (χ4n) is 1.98. The van der Waals surface area contributed by atoms with Crippen LogP contribution in [0.2, 0.25) is 0 Å². The summed E-state index contributed by atoms with van der Waals surface area (Å²) in [6.07, 6.45) is 1.69. The van der Waals surface area contributed by atoms with Crippen LogP contribution in [0.25, 0.3) is 0 Å². The molecule has 1 aromatic heterocycles. The van der Waals surface area contributed by atoms with E-state index < -0.39 is 0 Å². The fraction of sp³-hybridized carbons (Fsp3) is 0.500. The van der Waals surface area contributed by atoms with Gasteiger partial charge in [-0.1, -0.05) is 0 Å². The molecule has 0 aromatic carbocycles. The number of rotatable bonds is 1. The molecule has 1 aliphatic rings. The van der Waals surface area contributed by atoms with Gasteiger partial charge < -0.3 is 10.2 Å². The quantitative estimate of drug-likeness (QED) is 0.760. The number of amides is 1. The number of hydrogen-bond acceptors (Lipinski definition) is 3. The van der Waals surface area contributed by atoms with Crippen LogP contribution in [0.5, 0.6) is 0 Å². The Labute approximate surface area is 95.7 Å². The Morgan fingerprint density at radius 2 is 2.44 bits per heavy atom. The van der Waals surface area contributed by atoms with E-state index in [-0.39, 0.29) is 5.91 Å². The largest absolute Gasteiger partial charge is 0.336 e. The molecule has 0 saturated carbocycles. The number of carbonyl (C=O) groups is 1. The number of nitrogens with zero attached hydrogens (tertiary/aromatic N) is 2. The highest BCUT2D eigenvalue weighted by Gasteiger charge is 2.21. The molecule has 1 atom stereocenters. The maximum absolute atomic E-state index is 12.2. The van der Waals surface area contributed by atoms with Crippen LogP contribution in [0.4, 0.5) is 0 Å². The highest BCUT2D eigenvalue weighted by Crippen LogP contribution is 2.08. The molecule has 1 aromatic rings. The Morgan fingerprint density at radius 3 is 3.12 bits per heavy atom. The lowest BCUT2D eigenvalue weighted by molar-refractivity contribution is 0.0709. The van der Waals surface area contributed by atoms with Crippen LogP contribution >= 0.6 is 0 Å². The van der Waals surface area contributed by atoms with Gasteiger partial charge in [-0.2, -0.15) is 0 Å². The monoisotopic (exact) mass is 219 g/mol. The zero-order chi connectivity index (χ0) is 11.5. The van der Waals surface area contributed by atoms with E-state index in [0.29, 0.717) is 6.04 Å². The van der Waals surface area contributed by atoms with E-state index in [1.165, 1.54) is 0 Å². The molecule has 4 nitrogen and oxygen atoms in total. The number of hydrogen-bond donors (Lipinski definition) is 1. The van der Waals surface area contributed by atoms with Crippen molar-refractivity contribution in [2.45, 2.75) is 19.9 Å². The summed E-state index contributed by atoms with van der Waals surface area (Å²) < 4.78 is 0. The zero-order valence-electron chi connectivity index (χ0n) is 9.73. The van der Waals surface area contributed by atoms with Crippen LogP contribution in [-0.2, 0) is 0 Å². The molecule has 1 amide bonds. The van der Waals surface area contributed by atoms with E-state index >= 15 is 0 Å². The van der Waals surface area contributed by atoms with Crippen molar-refractivity contribution in [3.63, 3.8) is 0 Å². The van der Waals surface area contributed by atoms with Crippen molar-refractivity contribution in [1.82, 2.24) is 15.2 Å². The third-order valence-corrected chi connectivity index (χ3v) is 2.80. The van der Waals surface area contributed by atoms with E-state index in [1.54, 1.807) is 12.3 Å². The van der Waals surface area contributed by atoms with Crippen molar-refractivity contribution in [3.8, 4) is 0 Å². The molecule has 1 saturated heterocycles. The molecule has 1 unspecified atom stereocenters. The summed E-state index contributed by atoms with van der Waals surface area (Å²) in [6.45, 7) is 6.43. The smallest absolute Gasteiger partial charge is 0.254 e. The first-order valence-corrected chi connectivity index (χ1v) is 5.62. The van der Waals surface area contributed by atoms with Crippen LogP contribution in [-0.4, -0.2) is 41.5 Å². The van der Waals surface area contributed by atoms with E-state index in [1.807, 2.05) is 17.9 Å².